The minimum atomic E-state index is -0.435. The third kappa shape index (κ3) is 5.30. The van der Waals surface area contributed by atoms with Crippen LogP contribution in [0.2, 0.25) is 0 Å². The number of hydrogen-bond acceptors (Lipinski definition) is 7. The van der Waals surface area contributed by atoms with E-state index in [0.29, 0.717) is 32.0 Å². The lowest BCUT2D eigenvalue weighted by atomic mass is 10.0. The molecule has 0 bridgehead atoms. The number of likely N-dealkylation sites (tertiary alicyclic amines) is 1. The van der Waals surface area contributed by atoms with Gasteiger partial charge in [0.15, 0.2) is 5.76 Å². The maximum Gasteiger partial charge on any atom is 0.328 e. The van der Waals surface area contributed by atoms with Crippen molar-refractivity contribution in [1.82, 2.24) is 15.4 Å². The van der Waals surface area contributed by atoms with E-state index in [2.05, 4.69) is 27.5 Å². The molecule has 4 rings (SSSR count). The molecule has 0 radical (unpaired) electrons. The monoisotopic (exact) mass is 440 g/mol. The molecule has 1 aromatic carbocycles. The van der Waals surface area contributed by atoms with Crippen LogP contribution in [0.5, 0.6) is 0 Å². The highest BCUT2D eigenvalue weighted by Gasteiger charge is 2.34. The molecule has 8 heteroatoms. The first-order valence-corrected chi connectivity index (χ1v) is 11.4. The number of amides is 1. The van der Waals surface area contributed by atoms with Crippen molar-refractivity contribution in [1.29, 1.82) is 0 Å². The number of carbonyl (C=O) groups is 2. The fraction of sp³-hybridized carbons (Fsp3) is 0.542. The van der Waals surface area contributed by atoms with Gasteiger partial charge >= 0.3 is 5.97 Å². The van der Waals surface area contributed by atoms with Gasteiger partial charge in [0.05, 0.1) is 25.8 Å². The summed E-state index contributed by atoms with van der Waals surface area (Å²) in [6.45, 7) is 5.23. The van der Waals surface area contributed by atoms with Crippen molar-refractivity contribution < 1.29 is 18.8 Å². The molecule has 172 valence electrons. The summed E-state index contributed by atoms with van der Waals surface area (Å²) in [5.74, 6) is 0.543. The molecule has 1 N–H and O–H groups in total. The Balaban J connectivity index is 1.25. The Bertz CT molecular complexity index is 918. The van der Waals surface area contributed by atoms with Crippen LogP contribution in [0.25, 0.3) is 0 Å². The van der Waals surface area contributed by atoms with Gasteiger partial charge in [0, 0.05) is 37.4 Å². The zero-order valence-electron chi connectivity index (χ0n) is 18.9. The van der Waals surface area contributed by atoms with E-state index in [1.54, 1.807) is 4.90 Å². The largest absolute Gasteiger partial charge is 0.467 e. The molecule has 2 fully saturated rings. The number of methoxy groups -OCH3 is 1. The molecular weight excluding hydrogens is 408 g/mol. The van der Waals surface area contributed by atoms with Gasteiger partial charge in [-0.25, -0.2) is 4.79 Å². The quantitative estimate of drug-likeness (QED) is 0.662. The van der Waals surface area contributed by atoms with Crippen molar-refractivity contribution in [3.05, 3.63) is 47.3 Å². The lowest BCUT2D eigenvalue weighted by molar-refractivity contribution is -0.150. The Morgan fingerprint density at radius 2 is 1.91 bits per heavy atom. The Morgan fingerprint density at radius 1 is 1.16 bits per heavy atom. The second kappa shape index (κ2) is 10.2. The topological polar surface area (TPSA) is 87.9 Å². The number of piperidine rings is 1. The molecule has 3 heterocycles. The van der Waals surface area contributed by atoms with Gasteiger partial charge in [-0.05, 0) is 50.3 Å². The lowest BCUT2D eigenvalue weighted by Crippen LogP contribution is -2.42. The van der Waals surface area contributed by atoms with E-state index in [4.69, 9.17) is 9.26 Å². The zero-order valence-corrected chi connectivity index (χ0v) is 18.9. The van der Waals surface area contributed by atoms with Crippen LogP contribution in [0.3, 0.4) is 0 Å². The van der Waals surface area contributed by atoms with Crippen molar-refractivity contribution in [2.45, 2.75) is 57.7 Å². The first-order chi connectivity index (χ1) is 15.5. The number of nitrogens with one attached hydrogen (secondary N) is 1. The molecule has 2 aliphatic heterocycles. The maximum absolute atomic E-state index is 12.7. The average Bonchev–Trinajstić information content (AvgIpc) is 3.47. The number of benzene rings is 1. The first kappa shape index (κ1) is 22.3. The Hall–Kier alpha value is -2.87. The fourth-order valence-electron chi connectivity index (χ4n) is 4.63. The van der Waals surface area contributed by atoms with E-state index in [0.717, 1.165) is 49.4 Å². The number of rotatable bonds is 7. The van der Waals surface area contributed by atoms with Crippen LogP contribution in [0.4, 0.5) is 5.69 Å². The summed E-state index contributed by atoms with van der Waals surface area (Å²) in [7, 11) is 1.37. The molecule has 0 aliphatic carbocycles. The number of aromatic nitrogens is 1. The Morgan fingerprint density at radius 3 is 2.56 bits per heavy atom. The lowest BCUT2D eigenvalue weighted by Gasteiger charge is -2.34. The van der Waals surface area contributed by atoms with E-state index in [9.17, 15) is 9.59 Å². The molecule has 2 saturated heterocycles. The summed E-state index contributed by atoms with van der Waals surface area (Å²) in [4.78, 5) is 28.7. The van der Waals surface area contributed by atoms with Gasteiger partial charge in [-0.2, -0.15) is 0 Å². The molecule has 0 saturated carbocycles. The highest BCUT2D eigenvalue weighted by atomic mass is 16.5. The van der Waals surface area contributed by atoms with Crippen LogP contribution in [0.1, 0.15) is 42.7 Å². The number of carbonyl (C=O) groups excluding carboxylic acids is 2. The van der Waals surface area contributed by atoms with Crippen LogP contribution < -0.4 is 10.2 Å². The van der Waals surface area contributed by atoms with Crippen LogP contribution in [-0.4, -0.2) is 60.8 Å². The smallest absolute Gasteiger partial charge is 0.328 e. The highest BCUT2D eigenvalue weighted by Crippen LogP contribution is 2.23. The number of anilines is 1. The normalized spacial score (nSPS) is 19.4. The maximum atomic E-state index is 12.7. The Kier molecular flexibility index (Phi) is 7.09. The molecule has 2 aromatic rings. The fourth-order valence-corrected chi connectivity index (χ4v) is 4.63. The molecule has 1 aromatic heterocycles. The van der Waals surface area contributed by atoms with Gasteiger partial charge < -0.3 is 24.4 Å². The highest BCUT2D eigenvalue weighted by molar-refractivity contribution is 5.86. The van der Waals surface area contributed by atoms with Gasteiger partial charge in [-0.15, -0.1) is 0 Å². The van der Waals surface area contributed by atoms with Crippen molar-refractivity contribution in [3.8, 4) is 0 Å². The van der Waals surface area contributed by atoms with E-state index in [1.807, 2.05) is 25.1 Å². The predicted molar refractivity (Wildman–Crippen MR) is 120 cm³/mol. The number of ether oxygens (including phenoxy) is 1. The standard InChI is InChI=1S/C24H32N4O4/c1-17-14-21(32-26-17)16-25-19-9-12-27(13-10-19)20-7-5-18(6-8-20)15-23(29)28-11-3-4-22(28)24(30)31-2/h5-8,14,19,22,25H,3-4,9-13,15-16H2,1-2H3/t22-/m0/s1. The molecule has 0 spiro atoms. The summed E-state index contributed by atoms with van der Waals surface area (Å²) >= 11 is 0. The van der Waals surface area contributed by atoms with E-state index in [1.165, 1.54) is 12.8 Å². The van der Waals surface area contributed by atoms with Crippen molar-refractivity contribution >= 4 is 17.6 Å². The van der Waals surface area contributed by atoms with Crippen LogP contribution in [0, 0.1) is 6.92 Å². The summed E-state index contributed by atoms with van der Waals surface area (Å²) in [6.07, 6.45) is 3.96. The second-order valence-corrected chi connectivity index (χ2v) is 8.69. The van der Waals surface area contributed by atoms with Crippen LogP contribution >= 0.6 is 0 Å². The summed E-state index contributed by atoms with van der Waals surface area (Å²) in [5.41, 5.74) is 3.05. The van der Waals surface area contributed by atoms with E-state index in [-0.39, 0.29) is 11.9 Å². The minimum Gasteiger partial charge on any atom is -0.467 e. The van der Waals surface area contributed by atoms with Gasteiger partial charge in [-0.3, -0.25) is 4.79 Å². The van der Waals surface area contributed by atoms with E-state index < -0.39 is 6.04 Å². The van der Waals surface area contributed by atoms with Gasteiger partial charge in [0.2, 0.25) is 5.91 Å². The number of esters is 1. The average molecular weight is 441 g/mol. The molecule has 8 nitrogen and oxygen atoms in total. The summed E-state index contributed by atoms with van der Waals surface area (Å²) in [6, 6.07) is 10.2. The van der Waals surface area contributed by atoms with Gasteiger partial charge in [0.25, 0.3) is 0 Å². The third-order valence-electron chi connectivity index (χ3n) is 6.44. The summed E-state index contributed by atoms with van der Waals surface area (Å²) < 4.78 is 10.1. The predicted octanol–water partition coefficient (Wildman–Crippen LogP) is 2.45. The van der Waals surface area contributed by atoms with Crippen molar-refractivity contribution in [2.75, 3.05) is 31.6 Å². The number of aryl methyl sites for hydroxylation is 1. The molecule has 1 amide bonds. The molecule has 32 heavy (non-hydrogen) atoms. The minimum absolute atomic E-state index is 0.0144. The van der Waals surface area contributed by atoms with Gasteiger partial charge in [-0.1, -0.05) is 17.3 Å². The first-order valence-electron chi connectivity index (χ1n) is 11.4. The number of hydrogen-bond donors (Lipinski definition) is 1. The molecular formula is C24H32N4O4. The summed E-state index contributed by atoms with van der Waals surface area (Å²) in [5, 5.41) is 7.49. The van der Waals surface area contributed by atoms with Crippen LogP contribution in [-0.2, 0) is 27.3 Å². The second-order valence-electron chi connectivity index (χ2n) is 8.69. The Labute approximate surface area is 188 Å². The number of nitrogens with zero attached hydrogens (tertiary/aromatic N) is 3. The van der Waals surface area contributed by atoms with Crippen molar-refractivity contribution in [3.63, 3.8) is 0 Å². The molecule has 0 unspecified atom stereocenters. The van der Waals surface area contributed by atoms with E-state index >= 15 is 0 Å². The van der Waals surface area contributed by atoms with Crippen LogP contribution in [0.15, 0.2) is 34.9 Å². The SMILES string of the molecule is COC(=O)[C@@H]1CCCN1C(=O)Cc1ccc(N2CCC(NCc3cc(C)no3)CC2)cc1. The zero-order chi connectivity index (χ0) is 22.5. The van der Waals surface area contributed by atoms with Gasteiger partial charge in [0.1, 0.15) is 6.04 Å². The molecule has 2 aliphatic rings. The molecule has 1 atom stereocenters. The third-order valence-corrected chi connectivity index (χ3v) is 6.44. The van der Waals surface area contributed by atoms with Crippen molar-refractivity contribution in [2.24, 2.45) is 0 Å².